The van der Waals surface area contributed by atoms with Gasteiger partial charge >= 0.3 is 0 Å². The number of hydrazine groups is 1. The number of phenolic OH excluding ortho intramolecular Hbond substituents is 1. The lowest BCUT2D eigenvalue weighted by atomic mass is 9.76. The maximum absolute atomic E-state index is 9.76. The number of hydrogen-bond donors (Lipinski definition) is 4. The number of nitrogens with two attached hydrogens (primary N) is 1. The number of allylic oxidation sites excluding steroid dienone is 1. The van der Waals surface area contributed by atoms with Crippen LogP contribution in [0.25, 0.3) is 0 Å². The highest BCUT2D eigenvalue weighted by molar-refractivity contribution is 5.43. The van der Waals surface area contributed by atoms with Gasteiger partial charge in [0.05, 0.1) is 18.2 Å². The molecule has 0 saturated carbocycles. The van der Waals surface area contributed by atoms with Crippen LogP contribution in [0.15, 0.2) is 35.7 Å². The van der Waals surface area contributed by atoms with Gasteiger partial charge in [0.15, 0.2) is 6.23 Å². The summed E-state index contributed by atoms with van der Waals surface area (Å²) in [6.45, 7) is 0.464. The summed E-state index contributed by atoms with van der Waals surface area (Å²) >= 11 is 0. The number of hydrogen-bond acceptors (Lipinski definition) is 7. The zero-order valence-electron chi connectivity index (χ0n) is 12.1. The van der Waals surface area contributed by atoms with Crippen molar-refractivity contribution in [3.63, 3.8) is 0 Å². The average molecular weight is 302 g/mol. The van der Waals surface area contributed by atoms with Crippen molar-refractivity contribution in [2.45, 2.75) is 18.2 Å². The lowest BCUT2D eigenvalue weighted by molar-refractivity contribution is 0.0278. The van der Waals surface area contributed by atoms with Crippen molar-refractivity contribution in [2.24, 2.45) is 11.7 Å². The number of ether oxygens (including phenoxy) is 2. The predicted octanol–water partition coefficient (Wildman–Crippen LogP) is 0.265. The van der Waals surface area contributed by atoms with Crippen LogP contribution in [0.1, 0.15) is 11.5 Å². The normalized spacial score (nSPS) is 30.5. The topological polar surface area (TPSA) is 113 Å². The number of nitriles is 1. The molecule has 0 radical (unpaired) electrons. The zero-order chi connectivity index (χ0) is 15.7. The summed E-state index contributed by atoms with van der Waals surface area (Å²) in [6, 6.07) is 8.98. The summed E-state index contributed by atoms with van der Waals surface area (Å²) in [7, 11) is 1.62. The third-order valence-electron chi connectivity index (χ3n) is 4.14. The molecular weight excluding hydrogens is 284 g/mol. The maximum atomic E-state index is 9.76. The Morgan fingerprint density at radius 2 is 2.27 bits per heavy atom. The van der Waals surface area contributed by atoms with Crippen LogP contribution in [0.5, 0.6) is 5.75 Å². The predicted molar refractivity (Wildman–Crippen MR) is 78.0 cm³/mol. The largest absolute Gasteiger partial charge is 0.508 e. The maximum Gasteiger partial charge on any atom is 0.200 e. The Hall–Kier alpha value is -2.27. The van der Waals surface area contributed by atoms with Crippen LogP contribution in [0.4, 0.5) is 0 Å². The van der Waals surface area contributed by atoms with Gasteiger partial charge in [-0.1, -0.05) is 12.1 Å². The minimum Gasteiger partial charge on any atom is -0.508 e. The fourth-order valence-corrected chi connectivity index (χ4v) is 3.22. The Bertz CT molecular complexity index is 640. The molecule has 22 heavy (non-hydrogen) atoms. The lowest BCUT2D eigenvalue weighted by Crippen LogP contribution is -2.42. The van der Waals surface area contributed by atoms with Crippen molar-refractivity contribution in [3.8, 4) is 11.8 Å². The summed E-state index contributed by atoms with van der Waals surface area (Å²) in [6.07, 6.45) is -0.357. The van der Waals surface area contributed by atoms with Crippen LogP contribution < -0.4 is 16.6 Å². The number of rotatable bonds is 3. The van der Waals surface area contributed by atoms with Gasteiger partial charge in [-0.15, -0.1) is 0 Å². The summed E-state index contributed by atoms with van der Waals surface area (Å²) < 4.78 is 10.9. The molecule has 0 spiro atoms. The summed E-state index contributed by atoms with van der Waals surface area (Å²) in [5, 5.41) is 19.3. The van der Waals surface area contributed by atoms with Gasteiger partial charge in [0.25, 0.3) is 0 Å². The second-order valence-corrected chi connectivity index (χ2v) is 5.43. The van der Waals surface area contributed by atoms with Crippen LogP contribution >= 0.6 is 0 Å². The molecule has 1 saturated heterocycles. The van der Waals surface area contributed by atoms with Gasteiger partial charge in [-0.05, 0) is 17.7 Å². The van der Waals surface area contributed by atoms with E-state index in [4.69, 9.17) is 15.2 Å². The number of nitrogens with one attached hydrogen (secondary N) is 2. The number of phenols is 1. The second kappa shape index (κ2) is 5.85. The molecule has 3 rings (SSSR count). The minimum absolute atomic E-state index is 0.0428. The number of methoxy groups -OCH3 is 1. The Balaban J connectivity index is 2.07. The Kier molecular flexibility index (Phi) is 3.90. The fraction of sp³-hybridized carbons (Fsp3) is 0.400. The van der Waals surface area contributed by atoms with E-state index in [1.165, 1.54) is 0 Å². The van der Waals surface area contributed by atoms with Crippen LogP contribution in [0, 0.1) is 17.2 Å². The van der Waals surface area contributed by atoms with Crippen molar-refractivity contribution in [1.82, 2.24) is 10.9 Å². The van der Waals surface area contributed by atoms with E-state index < -0.39 is 0 Å². The van der Waals surface area contributed by atoms with E-state index in [1.807, 2.05) is 6.07 Å². The molecule has 1 fully saturated rings. The lowest BCUT2D eigenvalue weighted by Gasteiger charge is -2.35. The molecule has 7 heteroatoms. The zero-order valence-corrected chi connectivity index (χ0v) is 12.1. The van der Waals surface area contributed by atoms with Gasteiger partial charge in [0.2, 0.25) is 5.88 Å². The van der Waals surface area contributed by atoms with Gasteiger partial charge in [-0.2, -0.15) is 5.26 Å². The van der Waals surface area contributed by atoms with E-state index in [1.54, 1.807) is 25.3 Å². The van der Waals surface area contributed by atoms with E-state index in [-0.39, 0.29) is 35.7 Å². The molecule has 0 amide bonds. The summed E-state index contributed by atoms with van der Waals surface area (Å²) in [5.74, 6) is -0.0923. The summed E-state index contributed by atoms with van der Waals surface area (Å²) in [5.41, 5.74) is 13.3. The third-order valence-corrected chi connectivity index (χ3v) is 4.14. The van der Waals surface area contributed by atoms with Crippen molar-refractivity contribution in [2.75, 3.05) is 13.7 Å². The standard InChI is InChI=1S/C15H18N4O3/c1-21-7-11-13-12(8-3-2-4-9(20)5-8)10(6-16)14(17)22-15(13)19-18-11/h2-5,11-13,15,18-20H,7,17H2,1H3. The number of fused-ring (bicyclic) bond motifs is 1. The van der Waals surface area contributed by atoms with Crippen LogP contribution in [-0.2, 0) is 9.47 Å². The van der Waals surface area contributed by atoms with Crippen LogP contribution in [0.3, 0.4) is 0 Å². The van der Waals surface area contributed by atoms with Crippen LogP contribution in [-0.4, -0.2) is 31.1 Å². The van der Waals surface area contributed by atoms with Gasteiger partial charge in [0.1, 0.15) is 11.8 Å². The summed E-state index contributed by atoms with van der Waals surface area (Å²) in [4.78, 5) is 0. The molecule has 4 unspecified atom stereocenters. The first kappa shape index (κ1) is 14.7. The quantitative estimate of drug-likeness (QED) is 0.633. The van der Waals surface area contributed by atoms with Gasteiger partial charge in [-0.25, -0.2) is 10.9 Å². The molecule has 0 aliphatic carbocycles. The number of aromatic hydroxyl groups is 1. The molecule has 1 aromatic carbocycles. The molecule has 4 atom stereocenters. The molecule has 1 aromatic rings. The van der Waals surface area contributed by atoms with Gasteiger partial charge in [0, 0.05) is 18.9 Å². The molecule has 7 nitrogen and oxygen atoms in total. The first-order chi connectivity index (χ1) is 10.7. The highest BCUT2D eigenvalue weighted by atomic mass is 16.5. The second-order valence-electron chi connectivity index (χ2n) is 5.43. The van der Waals surface area contributed by atoms with Crippen molar-refractivity contribution < 1.29 is 14.6 Å². The van der Waals surface area contributed by atoms with Crippen molar-refractivity contribution in [1.29, 1.82) is 5.26 Å². The van der Waals surface area contributed by atoms with E-state index in [0.717, 1.165) is 5.56 Å². The number of nitrogens with zero attached hydrogens (tertiary/aromatic N) is 1. The third kappa shape index (κ3) is 2.37. The molecule has 2 heterocycles. The molecule has 2 aliphatic heterocycles. The molecule has 5 N–H and O–H groups in total. The van der Waals surface area contributed by atoms with Crippen molar-refractivity contribution >= 4 is 0 Å². The van der Waals surface area contributed by atoms with Gasteiger partial charge in [-0.3, -0.25) is 0 Å². The average Bonchev–Trinajstić information content (AvgIpc) is 2.88. The molecule has 2 aliphatic rings. The van der Waals surface area contributed by atoms with E-state index >= 15 is 0 Å². The van der Waals surface area contributed by atoms with Gasteiger partial charge < -0.3 is 20.3 Å². The number of benzene rings is 1. The minimum atomic E-state index is -0.357. The monoisotopic (exact) mass is 302 g/mol. The molecular formula is C15H18N4O3. The highest BCUT2D eigenvalue weighted by Gasteiger charge is 2.48. The van der Waals surface area contributed by atoms with E-state index in [0.29, 0.717) is 12.2 Å². The first-order valence-corrected chi connectivity index (χ1v) is 7.01. The highest BCUT2D eigenvalue weighted by Crippen LogP contribution is 2.43. The SMILES string of the molecule is COCC1NNC2OC(N)=C(C#N)C(c3cccc(O)c3)C12. The van der Waals surface area contributed by atoms with Crippen molar-refractivity contribution in [3.05, 3.63) is 41.3 Å². The molecule has 116 valence electrons. The molecule has 0 bridgehead atoms. The van der Waals surface area contributed by atoms with E-state index in [2.05, 4.69) is 16.9 Å². The van der Waals surface area contributed by atoms with E-state index in [9.17, 15) is 10.4 Å². The first-order valence-electron chi connectivity index (χ1n) is 7.01. The Morgan fingerprint density at radius 3 is 2.95 bits per heavy atom. The fourth-order valence-electron chi connectivity index (χ4n) is 3.22. The Morgan fingerprint density at radius 1 is 1.45 bits per heavy atom. The molecule has 0 aromatic heterocycles. The van der Waals surface area contributed by atoms with Crippen LogP contribution in [0.2, 0.25) is 0 Å². The smallest absolute Gasteiger partial charge is 0.200 e. The Labute approximate surface area is 128 Å².